The Morgan fingerprint density at radius 3 is 2.50 bits per heavy atom. The Kier molecular flexibility index (Phi) is 7.11. The average Bonchev–Trinajstić information content (AvgIpc) is 2.19. The molecular formula is C11H22N2O. The van der Waals surface area contributed by atoms with E-state index in [9.17, 15) is 4.79 Å². The Bertz CT molecular complexity index is 176. The Hall–Kier alpha value is -0.830. The molecule has 0 heterocycles. The van der Waals surface area contributed by atoms with Gasteiger partial charge >= 0.3 is 0 Å². The number of carbonyl (C=O) groups is 1. The minimum atomic E-state index is -0.0881. The maximum absolute atomic E-state index is 11.7. The summed E-state index contributed by atoms with van der Waals surface area (Å²) in [4.78, 5) is 13.6. The smallest absolute Gasteiger partial charge is 0.239 e. The van der Waals surface area contributed by atoms with Crippen molar-refractivity contribution in [3.05, 3.63) is 12.7 Å². The number of likely N-dealkylation sites (N-methyl/N-ethyl adjacent to an activating group) is 1. The second-order valence-electron chi connectivity index (χ2n) is 3.26. The van der Waals surface area contributed by atoms with Crippen LogP contribution in [0.5, 0.6) is 0 Å². The van der Waals surface area contributed by atoms with E-state index < -0.39 is 0 Å². The summed E-state index contributed by atoms with van der Waals surface area (Å²) in [6.45, 7) is 11.9. The van der Waals surface area contributed by atoms with Gasteiger partial charge < -0.3 is 10.2 Å². The number of hydrogen-bond donors (Lipinski definition) is 1. The van der Waals surface area contributed by atoms with Crippen molar-refractivity contribution in [1.29, 1.82) is 0 Å². The fourth-order valence-corrected chi connectivity index (χ4v) is 1.30. The number of hydrogen-bond acceptors (Lipinski definition) is 2. The Balaban J connectivity index is 3.90. The molecule has 0 rings (SSSR count). The largest absolute Gasteiger partial charge is 0.342 e. The number of amides is 1. The Labute approximate surface area is 87.2 Å². The monoisotopic (exact) mass is 198 g/mol. The second kappa shape index (κ2) is 7.56. The summed E-state index contributed by atoms with van der Waals surface area (Å²) in [6, 6.07) is -0.0881. The van der Waals surface area contributed by atoms with Gasteiger partial charge in [0, 0.05) is 13.1 Å². The zero-order valence-electron chi connectivity index (χ0n) is 9.55. The first kappa shape index (κ1) is 13.2. The minimum Gasteiger partial charge on any atom is -0.342 e. The number of rotatable bonds is 7. The molecule has 0 spiro atoms. The summed E-state index contributed by atoms with van der Waals surface area (Å²) < 4.78 is 0. The molecule has 0 aromatic rings. The molecule has 1 N–H and O–H groups in total. The van der Waals surface area contributed by atoms with Crippen molar-refractivity contribution in [1.82, 2.24) is 10.2 Å². The molecule has 82 valence electrons. The molecule has 1 unspecified atom stereocenters. The molecule has 3 heteroatoms. The molecule has 14 heavy (non-hydrogen) atoms. The zero-order valence-corrected chi connectivity index (χ0v) is 9.55. The van der Waals surface area contributed by atoms with Gasteiger partial charge in [0.15, 0.2) is 0 Å². The van der Waals surface area contributed by atoms with Crippen LogP contribution < -0.4 is 5.32 Å². The van der Waals surface area contributed by atoms with Crippen LogP contribution in [0.2, 0.25) is 0 Å². The third-order valence-corrected chi connectivity index (χ3v) is 2.24. The summed E-state index contributed by atoms with van der Waals surface area (Å²) >= 11 is 0. The van der Waals surface area contributed by atoms with Crippen LogP contribution in [0, 0.1) is 0 Å². The molecule has 0 aromatic heterocycles. The zero-order chi connectivity index (χ0) is 11.0. The lowest BCUT2D eigenvalue weighted by molar-refractivity contribution is -0.132. The highest BCUT2D eigenvalue weighted by atomic mass is 16.2. The molecule has 0 aromatic carbocycles. The predicted octanol–water partition coefficient (Wildman–Crippen LogP) is 1.41. The lowest BCUT2D eigenvalue weighted by Crippen LogP contribution is -2.44. The van der Waals surface area contributed by atoms with Gasteiger partial charge in [-0.3, -0.25) is 4.79 Å². The van der Waals surface area contributed by atoms with Crippen molar-refractivity contribution >= 4 is 5.91 Å². The maximum atomic E-state index is 11.7. The first-order valence-electron chi connectivity index (χ1n) is 5.30. The van der Waals surface area contributed by atoms with Gasteiger partial charge in [0.05, 0.1) is 6.04 Å². The normalized spacial score (nSPS) is 12.2. The van der Waals surface area contributed by atoms with Gasteiger partial charge in [-0.25, -0.2) is 0 Å². The van der Waals surface area contributed by atoms with E-state index >= 15 is 0 Å². The van der Waals surface area contributed by atoms with Crippen molar-refractivity contribution in [2.45, 2.75) is 33.2 Å². The highest BCUT2D eigenvalue weighted by Gasteiger charge is 2.16. The fraction of sp³-hybridized carbons (Fsp3) is 0.727. The summed E-state index contributed by atoms with van der Waals surface area (Å²) in [7, 11) is 0. The van der Waals surface area contributed by atoms with E-state index in [1.165, 1.54) is 0 Å². The van der Waals surface area contributed by atoms with Crippen LogP contribution in [0.25, 0.3) is 0 Å². The van der Waals surface area contributed by atoms with E-state index in [-0.39, 0.29) is 11.9 Å². The molecule has 0 saturated carbocycles. The summed E-state index contributed by atoms with van der Waals surface area (Å²) in [5.41, 5.74) is 0. The van der Waals surface area contributed by atoms with Crippen molar-refractivity contribution in [3.63, 3.8) is 0 Å². The van der Waals surface area contributed by atoms with Crippen molar-refractivity contribution in [2.24, 2.45) is 0 Å². The van der Waals surface area contributed by atoms with Gasteiger partial charge in [-0.15, -0.1) is 6.58 Å². The Morgan fingerprint density at radius 1 is 1.50 bits per heavy atom. The molecular weight excluding hydrogens is 176 g/mol. The van der Waals surface area contributed by atoms with Gasteiger partial charge in [0.2, 0.25) is 5.91 Å². The van der Waals surface area contributed by atoms with Gasteiger partial charge in [-0.2, -0.15) is 0 Å². The molecule has 1 atom stereocenters. The molecule has 3 nitrogen and oxygen atoms in total. The van der Waals surface area contributed by atoms with Gasteiger partial charge in [0.25, 0.3) is 0 Å². The third kappa shape index (κ3) is 4.42. The van der Waals surface area contributed by atoms with Gasteiger partial charge in [-0.05, 0) is 33.7 Å². The van der Waals surface area contributed by atoms with E-state index in [0.29, 0.717) is 0 Å². The van der Waals surface area contributed by atoms with Crippen LogP contribution in [-0.4, -0.2) is 36.5 Å². The SMILES string of the molecule is C=CCCNC(C)C(=O)N(CC)CC. The fourth-order valence-electron chi connectivity index (χ4n) is 1.30. The highest BCUT2D eigenvalue weighted by Crippen LogP contribution is 1.94. The second-order valence-corrected chi connectivity index (χ2v) is 3.26. The lowest BCUT2D eigenvalue weighted by atomic mass is 10.2. The van der Waals surface area contributed by atoms with E-state index in [0.717, 1.165) is 26.1 Å². The van der Waals surface area contributed by atoms with Gasteiger partial charge in [0.1, 0.15) is 0 Å². The van der Waals surface area contributed by atoms with E-state index in [1.807, 2.05) is 31.7 Å². The van der Waals surface area contributed by atoms with E-state index in [2.05, 4.69) is 11.9 Å². The minimum absolute atomic E-state index is 0.0881. The number of carbonyl (C=O) groups excluding carboxylic acids is 1. The molecule has 0 saturated heterocycles. The average molecular weight is 198 g/mol. The first-order chi connectivity index (χ1) is 6.67. The summed E-state index contributed by atoms with van der Waals surface area (Å²) in [5, 5.41) is 3.17. The molecule has 0 aliphatic rings. The number of nitrogens with one attached hydrogen (secondary N) is 1. The van der Waals surface area contributed by atoms with Gasteiger partial charge in [-0.1, -0.05) is 6.08 Å². The summed E-state index contributed by atoms with van der Waals surface area (Å²) in [6.07, 6.45) is 2.75. The van der Waals surface area contributed by atoms with Crippen molar-refractivity contribution in [3.8, 4) is 0 Å². The third-order valence-electron chi connectivity index (χ3n) is 2.24. The van der Waals surface area contributed by atoms with Crippen LogP contribution in [0.15, 0.2) is 12.7 Å². The maximum Gasteiger partial charge on any atom is 0.239 e. The van der Waals surface area contributed by atoms with E-state index in [4.69, 9.17) is 0 Å². The molecule has 0 aliphatic carbocycles. The highest BCUT2D eigenvalue weighted by molar-refractivity contribution is 5.81. The van der Waals surface area contributed by atoms with Crippen LogP contribution in [0.4, 0.5) is 0 Å². The topological polar surface area (TPSA) is 32.3 Å². The predicted molar refractivity (Wildman–Crippen MR) is 60.2 cm³/mol. The Morgan fingerprint density at radius 2 is 2.07 bits per heavy atom. The molecule has 0 fully saturated rings. The standard InChI is InChI=1S/C11H22N2O/c1-5-8-9-12-10(4)11(14)13(6-2)7-3/h5,10,12H,1,6-9H2,2-4H3. The molecule has 0 bridgehead atoms. The van der Waals surface area contributed by atoms with Crippen LogP contribution in [-0.2, 0) is 4.79 Å². The number of nitrogens with zero attached hydrogens (tertiary/aromatic N) is 1. The van der Waals surface area contributed by atoms with E-state index in [1.54, 1.807) is 0 Å². The quantitative estimate of drug-likeness (QED) is 0.495. The van der Waals surface area contributed by atoms with Crippen molar-refractivity contribution < 1.29 is 4.79 Å². The van der Waals surface area contributed by atoms with Crippen LogP contribution >= 0.6 is 0 Å². The lowest BCUT2D eigenvalue weighted by Gasteiger charge is -2.23. The molecule has 0 aliphatic heterocycles. The van der Waals surface area contributed by atoms with Crippen molar-refractivity contribution in [2.75, 3.05) is 19.6 Å². The van der Waals surface area contributed by atoms with Crippen LogP contribution in [0.3, 0.4) is 0 Å². The molecule has 0 radical (unpaired) electrons. The first-order valence-corrected chi connectivity index (χ1v) is 5.30. The summed E-state index contributed by atoms with van der Waals surface area (Å²) in [5.74, 6) is 0.180. The molecule has 1 amide bonds. The van der Waals surface area contributed by atoms with Crippen LogP contribution in [0.1, 0.15) is 27.2 Å².